The minimum atomic E-state index is -0.424. The molecule has 0 bridgehead atoms. The van der Waals surface area contributed by atoms with E-state index >= 15 is 0 Å². The highest BCUT2D eigenvalue weighted by Crippen LogP contribution is 2.22. The third-order valence-corrected chi connectivity index (χ3v) is 2.72. The van der Waals surface area contributed by atoms with Gasteiger partial charge in [-0.2, -0.15) is 5.26 Å². The van der Waals surface area contributed by atoms with Gasteiger partial charge in [0.05, 0.1) is 5.56 Å². The standard InChI is InChI=1S/C12H12FN3/c1-9-2-4-16(5-3-9)12-11(13)6-10(7-14)8-15-12/h6,8H,1-5H2. The Labute approximate surface area is 93.8 Å². The van der Waals surface area contributed by atoms with Gasteiger partial charge in [0.15, 0.2) is 11.6 Å². The zero-order valence-corrected chi connectivity index (χ0v) is 8.91. The van der Waals surface area contributed by atoms with E-state index in [2.05, 4.69) is 11.6 Å². The second-order valence-electron chi connectivity index (χ2n) is 3.88. The molecular weight excluding hydrogens is 205 g/mol. The van der Waals surface area contributed by atoms with Crippen LogP contribution in [0, 0.1) is 17.1 Å². The number of piperidine rings is 1. The summed E-state index contributed by atoms with van der Waals surface area (Å²) in [6, 6.07) is 3.10. The van der Waals surface area contributed by atoms with Crippen molar-refractivity contribution >= 4 is 5.82 Å². The molecule has 4 heteroatoms. The Morgan fingerprint density at radius 1 is 1.44 bits per heavy atom. The lowest BCUT2D eigenvalue weighted by Gasteiger charge is -2.29. The lowest BCUT2D eigenvalue weighted by molar-refractivity contribution is 0.594. The predicted molar refractivity (Wildman–Crippen MR) is 59.5 cm³/mol. The average Bonchev–Trinajstić information content (AvgIpc) is 2.30. The summed E-state index contributed by atoms with van der Waals surface area (Å²) in [5.41, 5.74) is 1.45. The topological polar surface area (TPSA) is 39.9 Å². The third-order valence-electron chi connectivity index (χ3n) is 2.72. The summed E-state index contributed by atoms with van der Waals surface area (Å²) in [6.07, 6.45) is 3.16. The largest absolute Gasteiger partial charge is 0.354 e. The Kier molecular flexibility index (Phi) is 2.86. The summed E-state index contributed by atoms with van der Waals surface area (Å²) < 4.78 is 13.6. The van der Waals surface area contributed by atoms with Crippen molar-refractivity contribution < 1.29 is 4.39 Å². The zero-order valence-electron chi connectivity index (χ0n) is 8.91. The fraction of sp³-hybridized carbons (Fsp3) is 0.333. The number of hydrogen-bond donors (Lipinski definition) is 0. The van der Waals surface area contributed by atoms with E-state index in [1.54, 1.807) is 0 Å². The fourth-order valence-corrected chi connectivity index (χ4v) is 1.76. The lowest BCUT2D eigenvalue weighted by Crippen LogP contribution is -2.31. The minimum absolute atomic E-state index is 0.252. The van der Waals surface area contributed by atoms with Gasteiger partial charge in [0.2, 0.25) is 0 Å². The van der Waals surface area contributed by atoms with Gasteiger partial charge >= 0.3 is 0 Å². The van der Waals surface area contributed by atoms with E-state index in [-0.39, 0.29) is 5.56 Å². The van der Waals surface area contributed by atoms with E-state index in [0.717, 1.165) is 25.9 Å². The number of hydrogen-bond acceptors (Lipinski definition) is 3. The molecule has 0 atom stereocenters. The van der Waals surface area contributed by atoms with Crippen molar-refractivity contribution in [3.63, 3.8) is 0 Å². The third kappa shape index (κ3) is 2.03. The van der Waals surface area contributed by atoms with Crippen molar-refractivity contribution in [1.82, 2.24) is 4.98 Å². The van der Waals surface area contributed by atoms with Crippen LogP contribution in [0.15, 0.2) is 24.4 Å². The summed E-state index contributed by atoms with van der Waals surface area (Å²) in [6.45, 7) is 5.40. The molecule has 1 aliphatic rings. The maximum Gasteiger partial charge on any atom is 0.166 e. The quantitative estimate of drug-likeness (QED) is 0.677. The molecule has 2 heterocycles. The highest BCUT2D eigenvalue weighted by molar-refractivity contribution is 5.44. The predicted octanol–water partition coefficient (Wildman–Crippen LogP) is 2.25. The Morgan fingerprint density at radius 2 is 2.12 bits per heavy atom. The Hall–Kier alpha value is -1.89. The van der Waals surface area contributed by atoms with Gasteiger partial charge in [-0.05, 0) is 18.9 Å². The summed E-state index contributed by atoms with van der Waals surface area (Å²) in [5.74, 6) is -0.0851. The van der Waals surface area contributed by atoms with E-state index in [1.165, 1.54) is 17.8 Å². The molecule has 3 nitrogen and oxygen atoms in total. The minimum Gasteiger partial charge on any atom is -0.354 e. The van der Waals surface area contributed by atoms with Crippen molar-refractivity contribution in [2.75, 3.05) is 18.0 Å². The Morgan fingerprint density at radius 3 is 2.69 bits per heavy atom. The molecular formula is C12H12FN3. The van der Waals surface area contributed by atoms with Crippen LogP contribution in [-0.4, -0.2) is 18.1 Å². The highest BCUT2D eigenvalue weighted by Gasteiger charge is 2.17. The Bertz CT molecular complexity index is 452. The summed E-state index contributed by atoms with van der Waals surface area (Å²) in [7, 11) is 0. The van der Waals surface area contributed by atoms with Crippen LogP contribution in [0.25, 0.3) is 0 Å². The van der Waals surface area contributed by atoms with E-state index in [1.807, 2.05) is 11.0 Å². The summed E-state index contributed by atoms with van der Waals surface area (Å²) in [5, 5.41) is 8.62. The SMILES string of the molecule is C=C1CCN(c2ncc(C#N)cc2F)CC1. The maximum atomic E-state index is 13.6. The van der Waals surface area contributed by atoms with E-state index < -0.39 is 5.82 Å². The molecule has 2 rings (SSSR count). The molecule has 0 aromatic carbocycles. The van der Waals surface area contributed by atoms with Gasteiger partial charge in [-0.1, -0.05) is 12.2 Å². The number of halogens is 1. The van der Waals surface area contributed by atoms with Crippen molar-refractivity contribution in [2.24, 2.45) is 0 Å². The van der Waals surface area contributed by atoms with Crippen LogP contribution in [-0.2, 0) is 0 Å². The molecule has 0 amide bonds. The van der Waals surface area contributed by atoms with Gasteiger partial charge in [0, 0.05) is 19.3 Å². The molecule has 0 aliphatic carbocycles. The first-order valence-electron chi connectivity index (χ1n) is 5.18. The molecule has 1 aromatic heterocycles. The number of rotatable bonds is 1. The normalized spacial score (nSPS) is 16.0. The summed E-state index contributed by atoms with van der Waals surface area (Å²) in [4.78, 5) is 5.89. The molecule has 1 aliphatic heterocycles. The van der Waals surface area contributed by atoms with Crippen LogP contribution in [0.3, 0.4) is 0 Å². The molecule has 82 valence electrons. The molecule has 1 aromatic rings. The van der Waals surface area contributed by atoms with Gasteiger partial charge < -0.3 is 4.90 Å². The van der Waals surface area contributed by atoms with E-state index in [9.17, 15) is 4.39 Å². The summed E-state index contributed by atoms with van der Waals surface area (Å²) >= 11 is 0. The van der Waals surface area contributed by atoms with Crippen molar-refractivity contribution in [3.8, 4) is 6.07 Å². The Balaban J connectivity index is 2.21. The van der Waals surface area contributed by atoms with Crippen LogP contribution < -0.4 is 4.90 Å². The molecule has 0 spiro atoms. The lowest BCUT2D eigenvalue weighted by atomic mass is 10.1. The van der Waals surface area contributed by atoms with E-state index in [0.29, 0.717) is 5.82 Å². The number of aromatic nitrogens is 1. The second-order valence-corrected chi connectivity index (χ2v) is 3.88. The van der Waals surface area contributed by atoms with Crippen molar-refractivity contribution in [1.29, 1.82) is 5.26 Å². The van der Waals surface area contributed by atoms with Gasteiger partial charge in [-0.25, -0.2) is 9.37 Å². The average molecular weight is 217 g/mol. The van der Waals surface area contributed by atoms with Crippen molar-refractivity contribution in [2.45, 2.75) is 12.8 Å². The first kappa shape index (κ1) is 10.6. The molecule has 16 heavy (non-hydrogen) atoms. The highest BCUT2D eigenvalue weighted by atomic mass is 19.1. The zero-order chi connectivity index (χ0) is 11.5. The van der Waals surface area contributed by atoms with Crippen LogP contribution in [0.2, 0.25) is 0 Å². The molecule has 0 saturated carbocycles. The number of nitriles is 1. The van der Waals surface area contributed by atoms with Gasteiger partial charge in [0.1, 0.15) is 6.07 Å². The first-order valence-corrected chi connectivity index (χ1v) is 5.18. The molecule has 0 radical (unpaired) electrons. The number of nitrogens with zero attached hydrogens (tertiary/aromatic N) is 3. The first-order chi connectivity index (χ1) is 7.70. The molecule has 1 fully saturated rings. The molecule has 1 saturated heterocycles. The van der Waals surface area contributed by atoms with Crippen LogP contribution in [0.5, 0.6) is 0 Å². The molecule has 0 unspecified atom stereocenters. The monoisotopic (exact) mass is 217 g/mol. The van der Waals surface area contributed by atoms with Crippen LogP contribution in [0.4, 0.5) is 10.2 Å². The van der Waals surface area contributed by atoms with Crippen molar-refractivity contribution in [3.05, 3.63) is 35.8 Å². The second kappa shape index (κ2) is 4.31. The smallest absolute Gasteiger partial charge is 0.166 e. The van der Waals surface area contributed by atoms with E-state index in [4.69, 9.17) is 5.26 Å². The van der Waals surface area contributed by atoms with Crippen LogP contribution in [0.1, 0.15) is 18.4 Å². The van der Waals surface area contributed by atoms with Crippen LogP contribution >= 0.6 is 0 Å². The van der Waals surface area contributed by atoms with Gasteiger partial charge in [-0.3, -0.25) is 0 Å². The van der Waals surface area contributed by atoms with Gasteiger partial charge in [0.25, 0.3) is 0 Å². The van der Waals surface area contributed by atoms with Gasteiger partial charge in [-0.15, -0.1) is 0 Å². The maximum absolute atomic E-state index is 13.6. The number of pyridine rings is 1. The molecule has 0 N–H and O–H groups in total. The number of anilines is 1. The fourth-order valence-electron chi connectivity index (χ4n) is 1.76.